The molecule has 1 aliphatic carbocycles. The molecule has 7 heteroatoms. The van der Waals surface area contributed by atoms with E-state index in [1.807, 2.05) is 30.9 Å². The lowest BCUT2D eigenvalue weighted by Gasteiger charge is -2.34. The number of hydrogen-bond acceptors (Lipinski definition) is 5. The zero-order chi connectivity index (χ0) is 16.9. The van der Waals surface area contributed by atoms with Crippen LogP contribution in [0.5, 0.6) is 0 Å². The van der Waals surface area contributed by atoms with E-state index in [-0.39, 0.29) is 24.2 Å². The Hall–Kier alpha value is -1.92. The van der Waals surface area contributed by atoms with Crippen LogP contribution in [-0.4, -0.2) is 22.6 Å². The average Bonchev–Trinajstić information content (AvgIpc) is 3.10. The summed E-state index contributed by atoms with van der Waals surface area (Å²) < 4.78 is 5.38. The Bertz CT molecular complexity index is 780. The SMILES string of the molecule is Cc1cc(C)cc(N2CCC(c3nc(C4(N)CCC4)no3)C2=O)c1.Cl. The number of aryl methyl sites for hydroxylation is 2. The van der Waals surface area contributed by atoms with Gasteiger partial charge in [0.2, 0.25) is 11.8 Å². The van der Waals surface area contributed by atoms with Gasteiger partial charge in [-0.1, -0.05) is 11.2 Å². The Labute approximate surface area is 153 Å². The maximum atomic E-state index is 12.8. The van der Waals surface area contributed by atoms with Crippen LogP contribution in [0, 0.1) is 13.8 Å². The maximum Gasteiger partial charge on any atom is 0.239 e. The zero-order valence-corrected chi connectivity index (χ0v) is 15.3. The van der Waals surface area contributed by atoms with Gasteiger partial charge in [-0.3, -0.25) is 4.79 Å². The largest absolute Gasteiger partial charge is 0.338 e. The van der Waals surface area contributed by atoms with E-state index in [1.54, 1.807) is 0 Å². The average molecular weight is 363 g/mol. The minimum atomic E-state index is -0.462. The number of carbonyl (C=O) groups excluding carboxylic acids is 1. The van der Waals surface area contributed by atoms with E-state index in [0.29, 0.717) is 24.7 Å². The summed E-state index contributed by atoms with van der Waals surface area (Å²) >= 11 is 0. The lowest BCUT2D eigenvalue weighted by Crippen LogP contribution is -2.44. The normalized spacial score (nSPS) is 21.8. The van der Waals surface area contributed by atoms with Gasteiger partial charge in [-0.05, 0) is 62.8 Å². The summed E-state index contributed by atoms with van der Waals surface area (Å²) in [5.41, 5.74) is 9.02. The molecule has 2 heterocycles. The highest BCUT2D eigenvalue weighted by Crippen LogP contribution is 2.38. The van der Waals surface area contributed by atoms with E-state index in [2.05, 4.69) is 16.2 Å². The first-order valence-corrected chi connectivity index (χ1v) is 8.49. The predicted octanol–water partition coefficient (Wildman–Crippen LogP) is 2.97. The fourth-order valence-electron chi connectivity index (χ4n) is 3.63. The molecule has 1 aliphatic heterocycles. The first-order chi connectivity index (χ1) is 11.5. The molecule has 0 radical (unpaired) electrons. The van der Waals surface area contributed by atoms with Gasteiger partial charge in [0, 0.05) is 12.2 Å². The van der Waals surface area contributed by atoms with Crippen LogP contribution < -0.4 is 10.6 Å². The number of amides is 1. The molecule has 1 aromatic heterocycles. The highest BCUT2D eigenvalue weighted by Gasteiger charge is 2.42. The minimum Gasteiger partial charge on any atom is -0.338 e. The second-order valence-electron chi connectivity index (χ2n) is 7.14. The van der Waals surface area contributed by atoms with E-state index in [9.17, 15) is 4.79 Å². The van der Waals surface area contributed by atoms with Crippen LogP contribution in [-0.2, 0) is 10.3 Å². The summed E-state index contributed by atoms with van der Waals surface area (Å²) in [5, 5.41) is 4.03. The molecular formula is C18H23ClN4O2. The molecule has 1 atom stereocenters. The summed E-state index contributed by atoms with van der Waals surface area (Å²) in [4.78, 5) is 19.1. The van der Waals surface area contributed by atoms with E-state index >= 15 is 0 Å². The number of benzene rings is 1. The monoisotopic (exact) mass is 362 g/mol. The fourth-order valence-corrected chi connectivity index (χ4v) is 3.63. The first-order valence-electron chi connectivity index (χ1n) is 8.49. The molecule has 1 saturated carbocycles. The Morgan fingerprint density at radius 1 is 1.24 bits per heavy atom. The summed E-state index contributed by atoms with van der Waals surface area (Å²) in [6.07, 6.45) is 3.52. The van der Waals surface area contributed by atoms with Crippen molar-refractivity contribution in [1.82, 2.24) is 10.1 Å². The highest BCUT2D eigenvalue weighted by molar-refractivity contribution is 5.99. The highest BCUT2D eigenvalue weighted by atomic mass is 35.5. The van der Waals surface area contributed by atoms with Crippen molar-refractivity contribution in [2.45, 2.75) is 51.0 Å². The molecule has 1 amide bonds. The van der Waals surface area contributed by atoms with E-state index in [1.165, 1.54) is 0 Å². The van der Waals surface area contributed by atoms with E-state index < -0.39 is 5.54 Å². The number of aromatic nitrogens is 2. The van der Waals surface area contributed by atoms with Gasteiger partial charge < -0.3 is 15.2 Å². The Morgan fingerprint density at radius 2 is 1.92 bits per heavy atom. The van der Waals surface area contributed by atoms with Crippen molar-refractivity contribution < 1.29 is 9.32 Å². The standard InChI is InChI=1S/C18H22N4O2.ClH/c1-11-8-12(2)10-13(9-11)22-7-4-14(16(22)23)15-20-17(21-24-15)18(19)5-3-6-18;/h8-10,14H,3-7,19H2,1-2H3;1H. The summed E-state index contributed by atoms with van der Waals surface area (Å²) in [6.45, 7) is 4.74. The fraction of sp³-hybridized carbons (Fsp3) is 0.500. The minimum absolute atomic E-state index is 0. The molecule has 2 aliphatic rings. The van der Waals surface area contributed by atoms with Crippen LogP contribution in [0.1, 0.15) is 54.4 Å². The van der Waals surface area contributed by atoms with E-state index in [4.69, 9.17) is 10.3 Å². The van der Waals surface area contributed by atoms with Gasteiger partial charge in [0.25, 0.3) is 0 Å². The summed E-state index contributed by atoms with van der Waals surface area (Å²) in [6, 6.07) is 6.18. The lowest BCUT2D eigenvalue weighted by atomic mass is 9.77. The van der Waals surface area contributed by atoms with Gasteiger partial charge >= 0.3 is 0 Å². The third-order valence-corrected chi connectivity index (χ3v) is 5.15. The number of halogens is 1. The van der Waals surface area contributed by atoms with Crippen molar-refractivity contribution in [3.05, 3.63) is 41.0 Å². The summed E-state index contributed by atoms with van der Waals surface area (Å²) in [5.74, 6) is 0.602. The Kier molecular flexibility index (Phi) is 4.60. The van der Waals surface area contributed by atoms with Gasteiger partial charge in [-0.25, -0.2) is 0 Å². The van der Waals surface area contributed by atoms with Gasteiger partial charge in [0.05, 0.1) is 5.54 Å². The first kappa shape index (κ1) is 17.9. The molecule has 134 valence electrons. The topological polar surface area (TPSA) is 85.2 Å². The second-order valence-corrected chi connectivity index (χ2v) is 7.14. The second kappa shape index (κ2) is 6.42. The molecule has 2 N–H and O–H groups in total. The van der Waals surface area contributed by atoms with Gasteiger partial charge in [0.1, 0.15) is 5.92 Å². The third kappa shape index (κ3) is 3.04. The van der Waals surface area contributed by atoms with Crippen LogP contribution in [0.4, 0.5) is 5.69 Å². The van der Waals surface area contributed by atoms with Crippen molar-refractivity contribution in [3.63, 3.8) is 0 Å². The number of nitrogens with zero attached hydrogens (tertiary/aromatic N) is 3. The van der Waals surface area contributed by atoms with Crippen molar-refractivity contribution in [3.8, 4) is 0 Å². The maximum absolute atomic E-state index is 12.8. The number of nitrogens with two attached hydrogens (primary N) is 1. The van der Waals surface area contributed by atoms with Crippen molar-refractivity contribution >= 4 is 24.0 Å². The Balaban J connectivity index is 0.00000182. The third-order valence-electron chi connectivity index (χ3n) is 5.15. The molecule has 25 heavy (non-hydrogen) atoms. The molecule has 6 nitrogen and oxygen atoms in total. The number of hydrogen-bond donors (Lipinski definition) is 1. The predicted molar refractivity (Wildman–Crippen MR) is 96.9 cm³/mol. The lowest BCUT2D eigenvalue weighted by molar-refractivity contribution is -0.118. The van der Waals surface area contributed by atoms with Crippen molar-refractivity contribution in [2.75, 3.05) is 11.4 Å². The molecule has 1 unspecified atom stereocenters. The van der Waals surface area contributed by atoms with E-state index in [0.717, 1.165) is 36.1 Å². The molecule has 1 saturated heterocycles. The molecule has 4 rings (SSSR count). The van der Waals surface area contributed by atoms with Gasteiger partial charge in [-0.15, -0.1) is 12.4 Å². The van der Waals surface area contributed by atoms with Crippen molar-refractivity contribution in [2.24, 2.45) is 5.73 Å². The van der Waals surface area contributed by atoms with Crippen LogP contribution in [0.25, 0.3) is 0 Å². The van der Waals surface area contributed by atoms with Crippen LogP contribution in [0.2, 0.25) is 0 Å². The molecule has 1 aromatic carbocycles. The quantitative estimate of drug-likeness (QED) is 0.907. The molecule has 2 aromatic rings. The number of anilines is 1. The van der Waals surface area contributed by atoms with Gasteiger partial charge in [0.15, 0.2) is 5.82 Å². The summed E-state index contributed by atoms with van der Waals surface area (Å²) in [7, 11) is 0. The molecule has 0 spiro atoms. The smallest absolute Gasteiger partial charge is 0.239 e. The number of carbonyl (C=O) groups is 1. The Morgan fingerprint density at radius 3 is 2.52 bits per heavy atom. The van der Waals surface area contributed by atoms with Crippen LogP contribution >= 0.6 is 12.4 Å². The van der Waals surface area contributed by atoms with Crippen LogP contribution in [0.15, 0.2) is 22.7 Å². The molecule has 0 bridgehead atoms. The van der Waals surface area contributed by atoms with Gasteiger partial charge in [-0.2, -0.15) is 4.98 Å². The number of rotatable bonds is 3. The molecule has 2 fully saturated rings. The molecular weight excluding hydrogens is 340 g/mol. The zero-order valence-electron chi connectivity index (χ0n) is 14.5. The van der Waals surface area contributed by atoms with Crippen molar-refractivity contribution in [1.29, 1.82) is 0 Å². The van der Waals surface area contributed by atoms with Crippen LogP contribution in [0.3, 0.4) is 0 Å².